The number of ether oxygens (including phenoxy) is 1. The molecule has 0 heterocycles. The van der Waals surface area contributed by atoms with Crippen LogP contribution in [0.1, 0.15) is 6.92 Å². The van der Waals surface area contributed by atoms with Crippen molar-refractivity contribution in [3.8, 4) is 5.75 Å². The van der Waals surface area contributed by atoms with Gasteiger partial charge in [-0.1, -0.05) is 17.7 Å². The van der Waals surface area contributed by atoms with Crippen LogP contribution in [0.25, 0.3) is 0 Å². The molecule has 1 aromatic carbocycles. The maximum absolute atomic E-state index is 11.6. The Morgan fingerprint density at radius 2 is 2.05 bits per heavy atom. The first-order chi connectivity index (χ1) is 10.0. The molecule has 0 aromatic heterocycles. The van der Waals surface area contributed by atoms with Crippen LogP contribution in [0.2, 0.25) is 5.02 Å². The minimum absolute atomic E-state index is 0.0541. The fourth-order valence-electron chi connectivity index (χ4n) is 1.59. The van der Waals surface area contributed by atoms with E-state index in [1.165, 1.54) is 6.92 Å². The van der Waals surface area contributed by atoms with Gasteiger partial charge in [-0.15, -0.1) is 6.58 Å². The Morgan fingerprint density at radius 3 is 2.62 bits per heavy atom. The summed E-state index contributed by atoms with van der Waals surface area (Å²) in [5.74, 6) is 0.278. The zero-order valence-electron chi connectivity index (χ0n) is 12.0. The number of nitrogens with zero attached hydrogens (tertiary/aromatic N) is 1. The van der Waals surface area contributed by atoms with Crippen LogP contribution in [-0.4, -0.2) is 43.0 Å². The van der Waals surface area contributed by atoms with Crippen molar-refractivity contribution in [3.63, 3.8) is 0 Å². The van der Waals surface area contributed by atoms with Gasteiger partial charge in [0, 0.05) is 31.6 Å². The van der Waals surface area contributed by atoms with Gasteiger partial charge in [-0.2, -0.15) is 0 Å². The van der Waals surface area contributed by atoms with E-state index in [1.54, 1.807) is 35.2 Å². The number of carbonyl (C=O) groups is 2. The zero-order chi connectivity index (χ0) is 15.7. The Balaban J connectivity index is 2.26. The Morgan fingerprint density at radius 1 is 1.38 bits per heavy atom. The monoisotopic (exact) mass is 310 g/mol. The number of rotatable bonds is 8. The molecule has 114 valence electrons. The predicted molar refractivity (Wildman–Crippen MR) is 82.4 cm³/mol. The first kappa shape index (κ1) is 17.0. The summed E-state index contributed by atoms with van der Waals surface area (Å²) in [7, 11) is 0. The van der Waals surface area contributed by atoms with E-state index in [9.17, 15) is 9.59 Å². The SMILES string of the molecule is C=CCN(CCNC(=O)COc1ccc(Cl)cc1)C(C)=O. The van der Waals surface area contributed by atoms with Gasteiger partial charge >= 0.3 is 0 Å². The maximum atomic E-state index is 11.6. The van der Waals surface area contributed by atoms with Gasteiger partial charge in [0.25, 0.3) is 5.91 Å². The van der Waals surface area contributed by atoms with Gasteiger partial charge < -0.3 is 15.0 Å². The van der Waals surface area contributed by atoms with Gasteiger partial charge in [0.2, 0.25) is 5.91 Å². The molecule has 5 nitrogen and oxygen atoms in total. The van der Waals surface area contributed by atoms with Crippen LogP contribution in [0, 0.1) is 0 Å². The van der Waals surface area contributed by atoms with E-state index in [0.29, 0.717) is 30.4 Å². The van der Waals surface area contributed by atoms with Crippen molar-refractivity contribution in [2.24, 2.45) is 0 Å². The normalized spacial score (nSPS) is 9.81. The largest absolute Gasteiger partial charge is 0.484 e. The van der Waals surface area contributed by atoms with E-state index in [-0.39, 0.29) is 18.4 Å². The second-order valence-electron chi connectivity index (χ2n) is 4.35. The quantitative estimate of drug-likeness (QED) is 0.746. The lowest BCUT2D eigenvalue weighted by Gasteiger charge is -2.19. The Kier molecular flexibility index (Phi) is 7.32. The van der Waals surface area contributed by atoms with Crippen LogP contribution in [-0.2, 0) is 9.59 Å². The van der Waals surface area contributed by atoms with Crippen LogP contribution < -0.4 is 10.1 Å². The van der Waals surface area contributed by atoms with Gasteiger partial charge in [0.1, 0.15) is 5.75 Å². The smallest absolute Gasteiger partial charge is 0.258 e. The Hall–Kier alpha value is -2.01. The van der Waals surface area contributed by atoms with Crippen LogP contribution in [0.15, 0.2) is 36.9 Å². The fraction of sp³-hybridized carbons (Fsp3) is 0.333. The molecule has 0 bridgehead atoms. The summed E-state index contributed by atoms with van der Waals surface area (Å²) < 4.78 is 5.31. The maximum Gasteiger partial charge on any atom is 0.258 e. The molecular formula is C15H19ClN2O3. The van der Waals surface area contributed by atoms with Gasteiger partial charge in [-0.05, 0) is 24.3 Å². The van der Waals surface area contributed by atoms with E-state index < -0.39 is 0 Å². The third-order valence-corrected chi connectivity index (χ3v) is 2.93. The summed E-state index contributed by atoms with van der Waals surface area (Å²) in [6.07, 6.45) is 1.65. The van der Waals surface area contributed by atoms with Crippen LogP contribution in [0.5, 0.6) is 5.75 Å². The molecule has 0 saturated heterocycles. The molecule has 0 atom stereocenters. The van der Waals surface area contributed by atoms with Crippen molar-refractivity contribution in [1.29, 1.82) is 0 Å². The van der Waals surface area contributed by atoms with Gasteiger partial charge in [0.05, 0.1) is 0 Å². The van der Waals surface area contributed by atoms with Crippen LogP contribution in [0.3, 0.4) is 0 Å². The van der Waals surface area contributed by atoms with E-state index in [0.717, 1.165) is 0 Å². The number of halogens is 1. The van der Waals surface area contributed by atoms with Gasteiger partial charge in [0.15, 0.2) is 6.61 Å². The topological polar surface area (TPSA) is 58.6 Å². The summed E-state index contributed by atoms with van der Waals surface area (Å²) in [5.41, 5.74) is 0. The molecule has 0 saturated carbocycles. The van der Waals surface area contributed by atoms with E-state index in [4.69, 9.17) is 16.3 Å². The van der Waals surface area contributed by atoms with Crippen molar-refractivity contribution < 1.29 is 14.3 Å². The first-order valence-corrected chi connectivity index (χ1v) is 6.92. The van der Waals surface area contributed by atoms with Crippen molar-refractivity contribution >= 4 is 23.4 Å². The third kappa shape index (κ3) is 6.81. The molecule has 0 radical (unpaired) electrons. The highest BCUT2D eigenvalue weighted by Gasteiger charge is 2.07. The highest BCUT2D eigenvalue weighted by molar-refractivity contribution is 6.30. The molecule has 1 N–H and O–H groups in total. The first-order valence-electron chi connectivity index (χ1n) is 6.54. The second kappa shape index (κ2) is 9.02. The minimum atomic E-state index is -0.243. The number of carbonyl (C=O) groups excluding carboxylic acids is 2. The van der Waals surface area contributed by atoms with Gasteiger partial charge in [-0.25, -0.2) is 0 Å². The van der Waals surface area contributed by atoms with Crippen molar-refractivity contribution in [2.45, 2.75) is 6.92 Å². The van der Waals surface area contributed by atoms with Crippen molar-refractivity contribution in [1.82, 2.24) is 10.2 Å². The highest BCUT2D eigenvalue weighted by atomic mass is 35.5. The molecule has 0 unspecified atom stereocenters. The molecule has 0 aliphatic heterocycles. The second-order valence-corrected chi connectivity index (χ2v) is 4.78. The molecule has 21 heavy (non-hydrogen) atoms. The van der Waals surface area contributed by atoms with E-state index in [1.807, 2.05) is 0 Å². The summed E-state index contributed by atoms with van der Waals surface area (Å²) in [6, 6.07) is 6.76. The predicted octanol–water partition coefficient (Wildman–Crippen LogP) is 1.87. The van der Waals surface area contributed by atoms with E-state index in [2.05, 4.69) is 11.9 Å². The standard InChI is InChI=1S/C15H19ClN2O3/c1-3-9-18(12(2)19)10-8-17-15(20)11-21-14-6-4-13(16)5-7-14/h3-7H,1,8-11H2,2H3,(H,17,20). The number of hydrogen-bond acceptors (Lipinski definition) is 3. The molecule has 0 spiro atoms. The Labute approximate surface area is 129 Å². The van der Waals surface area contributed by atoms with Crippen LogP contribution >= 0.6 is 11.6 Å². The summed E-state index contributed by atoms with van der Waals surface area (Å²) in [5, 5.41) is 3.30. The van der Waals surface area contributed by atoms with Gasteiger partial charge in [-0.3, -0.25) is 9.59 Å². The molecule has 2 amide bonds. The number of benzene rings is 1. The molecule has 0 aliphatic carbocycles. The Bertz CT molecular complexity index is 488. The molecular weight excluding hydrogens is 292 g/mol. The average Bonchev–Trinajstić information content (AvgIpc) is 2.45. The minimum Gasteiger partial charge on any atom is -0.484 e. The molecule has 0 aliphatic rings. The molecule has 1 rings (SSSR count). The lowest BCUT2D eigenvalue weighted by molar-refractivity contribution is -0.129. The van der Waals surface area contributed by atoms with E-state index >= 15 is 0 Å². The van der Waals surface area contributed by atoms with Crippen molar-refractivity contribution in [2.75, 3.05) is 26.2 Å². The van der Waals surface area contributed by atoms with Crippen molar-refractivity contribution in [3.05, 3.63) is 41.9 Å². The third-order valence-electron chi connectivity index (χ3n) is 2.68. The average molecular weight is 311 g/mol. The summed E-state index contributed by atoms with van der Waals surface area (Å²) >= 11 is 5.75. The lowest BCUT2D eigenvalue weighted by Crippen LogP contribution is -2.39. The highest BCUT2D eigenvalue weighted by Crippen LogP contribution is 2.15. The summed E-state index contributed by atoms with van der Waals surface area (Å²) in [4.78, 5) is 24.5. The molecule has 6 heteroatoms. The lowest BCUT2D eigenvalue weighted by atomic mass is 10.3. The number of amides is 2. The molecule has 0 fully saturated rings. The number of nitrogens with one attached hydrogen (secondary N) is 1. The summed E-state index contributed by atoms with van der Waals surface area (Å²) in [6.45, 7) is 6.26. The fourth-order valence-corrected chi connectivity index (χ4v) is 1.72. The molecule has 1 aromatic rings. The van der Waals surface area contributed by atoms with Crippen LogP contribution in [0.4, 0.5) is 0 Å². The number of hydrogen-bond donors (Lipinski definition) is 1. The zero-order valence-corrected chi connectivity index (χ0v) is 12.7.